The Morgan fingerprint density at radius 1 is 1.18 bits per heavy atom. The van der Waals surface area contributed by atoms with Crippen LogP contribution in [0.25, 0.3) is 10.9 Å². The highest BCUT2D eigenvalue weighted by molar-refractivity contribution is 6.32. The van der Waals surface area contributed by atoms with Crippen LogP contribution in [0.15, 0.2) is 35.3 Å². The summed E-state index contributed by atoms with van der Waals surface area (Å²) >= 11 is 6.37. The van der Waals surface area contributed by atoms with Gasteiger partial charge in [-0.3, -0.25) is 14.4 Å². The monoisotopic (exact) mass is 487 g/mol. The van der Waals surface area contributed by atoms with Gasteiger partial charge in [-0.05, 0) is 31.3 Å². The van der Waals surface area contributed by atoms with E-state index in [-0.39, 0.29) is 17.9 Å². The number of carbonyl (C=O) groups excluding carboxylic acids is 1. The smallest absolute Gasteiger partial charge is 0.293 e. The molecule has 1 aliphatic rings. The summed E-state index contributed by atoms with van der Waals surface area (Å²) in [6.07, 6.45) is 1.59. The van der Waals surface area contributed by atoms with Crippen LogP contribution < -0.4 is 26.0 Å². The van der Waals surface area contributed by atoms with Crippen molar-refractivity contribution in [1.29, 1.82) is 0 Å². The summed E-state index contributed by atoms with van der Waals surface area (Å²) < 4.78 is 6.88. The molecule has 4 rings (SSSR count). The van der Waals surface area contributed by atoms with Gasteiger partial charge in [0.05, 0.1) is 18.8 Å². The van der Waals surface area contributed by atoms with Crippen LogP contribution in [0, 0.1) is 0 Å². The fourth-order valence-electron chi connectivity index (χ4n) is 3.66. The Bertz CT molecular complexity index is 1260. The Morgan fingerprint density at radius 3 is 2.68 bits per heavy atom. The van der Waals surface area contributed by atoms with E-state index >= 15 is 0 Å². The predicted molar refractivity (Wildman–Crippen MR) is 130 cm³/mol. The van der Waals surface area contributed by atoms with Crippen molar-refractivity contribution in [2.24, 2.45) is 7.05 Å². The van der Waals surface area contributed by atoms with Gasteiger partial charge in [-0.2, -0.15) is 4.98 Å². The molecule has 1 amide bonds. The van der Waals surface area contributed by atoms with Gasteiger partial charge in [0.1, 0.15) is 5.02 Å². The molecule has 0 radical (unpaired) electrons. The predicted octanol–water partition coefficient (Wildman–Crippen LogP) is 1.53. The number of benzene rings is 1. The number of aryl methyl sites for hydroxylation is 1. The molecule has 0 spiro atoms. The van der Waals surface area contributed by atoms with E-state index in [2.05, 4.69) is 42.4 Å². The van der Waals surface area contributed by atoms with Crippen molar-refractivity contribution in [3.8, 4) is 5.75 Å². The molecule has 1 saturated heterocycles. The number of anilines is 3. The minimum Gasteiger partial charge on any atom is -0.478 e. The number of piperazine rings is 1. The average molecular weight is 488 g/mol. The largest absolute Gasteiger partial charge is 0.478 e. The van der Waals surface area contributed by atoms with E-state index in [0.29, 0.717) is 22.3 Å². The number of hydrogen-bond acceptors (Lipinski definition) is 9. The molecule has 3 aromatic rings. The highest BCUT2D eigenvalue weighted by Gasteiger charge is 2.18. The van der Waals surface area contributed by atoms with Gasteiger partial charge in [0, 0.05) is 44.3 Å². The first-order valence-electron chi connectivity index (χ1n) is 10.7. The summed E-state index contributed by atoms with van der Waals surface area (Å²) in [6, 6.07) is 7.10. The van der Waals surface area contributed by atoms with Crippen LogP contribution >= 0.6 is 11.6 Å². The molecule has 2 N–H and O–H groups in total. The van der Waals surface area contributed by atoms with Gasteiger partial charge in [-0.25, -0.2) is 10.5 Å². The zero-order valence-electron chi connectivity index (χ0n) is 19.2. The number of amides is 1. The number of rotatable bonds is 7. The maximum Gasteiger partial charge on any atom is 0.293 e. The van der Waals surface area contributed by atoms with Crippen LogP contribution in [0.4, 0.5) is 17.5 Å². The van der Waals surface area contributed by atoms with Gasteiger partial charge < -0.3 is 24.4 Å². The molecule has 0 atom stereocenters. The number of pyridine rings is 1. The quantitative estimate of drug-likeness (QED) is 0.479. The molecule has 0 aliphatic carbocycles. The van der Waals surface area contributed by atoms with Crippen LogP contribution in [-0.4, -0.2) is 72.3 Å². The van der Waals surface area contributed by atoms with Gasteiger partial charge in [0.2, 0.25) is 5.95 Å². The lowest BCUT2D eigenvalue weighted by atomic mass is 10.2. The topological polar surface area (TPSA) is 114 Å². The van der Waals surface area contributed by atoms with Gasteiger partial charge in [-0.1, -0.05) is 11.6 Å². The van der Waals surface area contributed by atoms with Gasteiger partial charge in [0.25, 0.3) is 11.5 Å². The summed E-state index contributed by atoms with van der Waals surface area (Å²) in [6.45, 7) is 3.21. The zero-order valence-corrected chi connectivity index (χ0v) is 19.9. The summed E-state index contributed by atoms with van der Waals surface area (Å²) in [5.74, 6) is 0.654. The van der Waals surface area contributed by atoms with E-state index in [0.717, 1.165) is 37.3 Å². The molecule has 0 saturated carbocycles. The number of nitrogens with one attached hydrogen (secondary N) is 2. The number of fused-ring (bicyclic) bond motifs is 1. The maximum atomic E-state index is 12.6. The molecule has 180 valence electrons. The Balaban J connectivity index is 1.59. The Hall–Kier alpha value is -3.41. The van der Waals surface area contributed by atoms with Crippen molar-refractivity contribution in [3.05, 3.63) is 45.8 Å². The maximum absolute atomic E-state index is 12.6. The molecule has 12 heteroatoms. The molecule has 1 aliphatic heterocycles. The van der Waals surface area contributed by atoms with Crippen molar-refractivity contribution in [1.82, 2.24) is 24.9 Å². The molecule has 1 fully saturated rings. The third-order valence-electron chi connectivity index (χ3n) is 5.55. The molecule has 11 nitrogen and oxygen atoms in total. The average Bonchev–Trinajstić information content (AvgIpc) is 2.82. The lowest BCUT2D eigenvalue weighted by Crippen LogP contribution is -2.45. The standard InChI is InChI=1S/C22H26ClN7O4/c1-28-6-8-30(9-7-28)22-24-12-16(23)20(26-22)25-15-4-5-17-14(10-15)11-18(21(32)29(17)2)34-13-19(31)27-33-3/h4-5,10-12H,6-9,13H2,1-3H3,(H,27,31)(H,24,25,26). The second-order valence-corrected chi connectivity index (χ2v) is 8.35. The summed E-state index contributed by atoms with van der Waals surface area (Å²) in [7, 11) is 5.05. The van der Waals surface area contributed by atoms with Crippen molar-refractivity contribution < 1.29 is 14.4 Å². The molecule has 2 aromatic heterocycles. The van der Waals surface area contributed by atoms with Gasteiger partial charge >= 0.3 is 0 Å². The third kappa shape index (κ3) is 5.22. The number of halogens is 1. The molecular weight excluding hydrogens is 462 g/mol. The van der Waals surface area contributed by atoms with Gasteiger partial charge in [-0.15, -0.1) is 0 Å². The highest BCUT2D eigenvalue weighted by Crippen LogP contribution is 2.27. The molecule has 0 bridgehead atoms. The number of hydrogen-bond donors (Lipinski definition) is 2. The van der Waals surface area contributed by atoms with Crippen LogP contribution in [0.5, 0.6) is 5.75 Å². The number of ether oxygens (including phenoxy) is 1. The van der Waals surface area contributed by atoms with Crippen molar-refractivity contribution in [3.63, 3.8) is 0 Å². The highest BCUT2D eigenvalue weighted by atomic mass is 35.5. The van der Waals surface area contributed by atoms with Crippen LogP contribution in [-0.2, 0) is 16.7 Å². The second-order valence-electron chi connectivity index (χ2n) is 7.95. The van der Waals surface area contributed by atoms with E-state index in [1.54, 1.807) is 19.3 Å². The zero-order chi connectivity index (χ0) is 24.2. The molecule has 1 aromatic carbocycles. The van der Waals surface area contributed by atoms with E-state index in [1.807, 2.05) is 18.2 Å². The minimum absolute atomic E-state index is 0.0517. The molecule has 3 heterocycles. The van der Waals surface area contributed by atoms with Crippen molar-refractivity contribution in [2.75, 3.05) is 57.2 Å². The first-order chi connectivity index (χ1) is 16.4. The SMILES string of the molecule is CONC(=O)COc1cc2cc(Nc3nc(N4CCN(C)CC4)ncc3Cl)ccc2n(C)c1=O. The van der Waals surface area contributed by atoms with Crippen LogP contribution in [0.3, 0.4) is 0 Å². The van der Waals surface area contributed by atoms with E-state index in [4.69, 9.17) is 16.3 Å². The number of carbonyl (C=O) groups is 1. The lowest BCUT2D eigenvalue weighted by molar-refractivity contribution is -0.133. The van der Waals surface area contributed by atoms with Crippen molar-refractivity contribution >= 4 is 45.9 Å². The molecular formula is C22H26ClN7O4. The minimum atomic E-state index is -0.505. The Kier molecular flexibility index (Phi) is 7.15. The first-order valence-corrected chi connectivity index (χ1v) is 11.0. The fourth-order valence-corrected chi connectivity index (χ4v) is 3.80. The number of aromatic nitrogens is 3. The Morgan fingerprint density at radius 2 is 1.94 bits per heavy atom. The van der Waals surface area contributed by atoms with Gasteiger partial charge in [0.15, 0.2) is 18.2 Å². The summed E-state index contributed by atoms with van der Waals surface area (Å²) in [4.78, 5) is 42.2. The van der Waals surface area contributed by atoms with E-state index < -0.39 is 5.91 Å². The second kappa shape index (κ2) is 10.2. The number of hydroxylamine groups is 1. The third-order valence-corrected chi connectivity index (χ3v) is 5.82. The number of likely N-dealkylation sites (N-methyl/N-ethyl adjacent to an activating group) is 1. The fraction of sp³-hybridized carbons (Fsp3) is 0.364. The summed E-state index contributed by atoms with van der Waals surface area (Å²) in [5, 5.41) is 4.37. The van der Waals surface area contributed by atoms with Crippen LogP contribution in [0.2, 0.25) is 5.02 Å². The molecule has 34 heavy (non-hydrogen) atoms. The van der Waals surface area contributed by atoms with Crippen molar-refractivity contribution in [2.45, 2.75) is 0 Å². The number of nitrogens with zero attached hydrogens (tertiary/aromatic N) is 5. The first kappa shape index (κ1) is 23.7. The lowest BCUT2D eigenvalue weighted by Gasteiger charge is -2.32. The molecule has 0 unspecified atom stereocenters. The normalized spacial score (nSPS) is 14.3. The Labute approximate surface area is 201 Å². The van der Waals surface area contributed by atoms with E-state index in [1.165, 1.54) is 11.7 Å². The summed E-state index contributed by atoms with van der Waals surface area (Å²) in [5.41, 5.74) is 3.22. The van der Waals surface area contributed by atoms with Crippen LogP contribution in [0.1, 0.15) is 0 Å². The van der Waals surface area contributed by atoms with E-state index in [9.17, 15) is 9.59 Å².